The zero-order valence-electron chi connectivity index (χ0n) is 15.8. The van der Waals surface area contributed by atoms with Crippen LogP contribution in [0.15, 0.2) is 47.1 Å². The molecule has 0 amide bonds. The highest BCUT2D eigenvalue weighted by molar-refractivity contribution is 5.55. The lowest BCUT2D eigenvalue weighted by Crippen LogP contribution is -2.26. The number of fused-ring (bicyclic) bond motifs is 1. The number of pyridine rings is 1. The van der Waals surface area contributed by atoms with Crippen molar-refractivity contribution < 1.29 is 9.26 Å². The Morgan fingerprint density at radius 1 is 1.11 bits per heavy atom. The van der Waals surface area contributed by atoms with Crippen molar-refractivity contribution in [2.75, 3.05) is 38.2 Å². The van der Waals surface area contributed by atoms with Gasteiger partial charge in [0, 0.05) is 38.8 Å². The molecule has 0 radical (unpaired) electrons. The van der Waals surface area contributed by atoms with E-state index in [1.807, 2.05) is 36.5 Å². The minimum atomic E-state index is 0.505. The summed E-state index contributed by atoms with van der Waals surface area (Å²) in [6.45, 7) is 4.41. The van der Waals surface area contributed by atoms with Gasteiger partial charge in [-0.2, -0.15) is 4.98 Å². The average molecular weight is 377 g/mol. The van der Waals surface area contributed by atoms with E-state index < -0.39 is 0 Å². The Labute approximate surface area is 163 Å². The smallest absolute Gasteiger partial charge is 0.259 e. The minimum absolute atomic E-state index is 0.505. The molecule has 2 aliphatic heterocycles. The summed E-state index contributed by atoms with van der Waals surface area (Å²) in [6, 6.07) is 11.9. The quantitative estimate of drug-likeness (QED) is 0.731. The van der Waals surface area contributed by atoms with E-state index in [1.165, 1.54) is 0 Å². The third-order valence-electron chi connectivity index (χ3n) is 5.70. The third kappa shape index (κ3) is 3.33. The summed E-state index contributed by atoms with van der Waals surface area (Å²) in [6.07, 6.45) is 2.44. The molecule has 0 spiro atoms. The van der Waals surface area contributed by atoms with Crippen LogP contribution in [0.25, 0.3) is 11.5 Å². The second-order valence-corrected chi connectivity index (χ2v) is 7.53. The number of benzene rings is 1. The number of hydrogen-bond donors (Lipinski definition) is 1. The molecule has 1 N–H and O–H groups in total. The molecule has 0 bridgehead atoms. The summed E-state index contributed by atoms with van der Waals surface area (Å²) in [5.41, 5.74) is 1.95. The lowest BCUT2D eigenvalue weighted by atomic mass is 10.0. The molecule has 0 unspecified atom stereocenters. The van der Waals surface area contributed by atoms with Gasteiger partial charge in [-0.15, -0.1) is 0 Å². The van der Waals surface area contributed by atoms with Crippen LogP contribution >= 0.6 is 0 Å². The fourth-order valence-corrected chi connectivity index (χ4v) is 4.11. The predicted octanol–water partition coefficient (Wildman–Crippen LogP) is 2.39. The first-order valence-electron chi connectivity index (χ1n) is 9.66. The van der Waals surface area contributed by atoms with Crippen LogP contribution in [0.2, 0.25) is 0 Å². The van der Waals surface area contributed by atoms with Gasteiger partial charge in [0.15, 0.2) is 5.82 Å². The number of methoxy groups -OCH3 is 1. The summed E-state index contributed by atoms with van der Waals surface area (Å²) in [4.78, 5) is 11.5. The van der Waals surface area contributed by atoms with E-state index in [9.17, 15) is 0 Å². The van der Waals surface area contributed by atoms with Gasteiger partial charge in [0.05, 0.1) is 12.7 Å². The molecule has 5 rings (SSSR count). The fraction of sp³-hybridized carbons (Fsp3) is 0.381. The molecule has 2 aromatic heterocycles. The zero-order chi connectivity index (χ0) is 18.9. The Bertz CT molecular complexity index is 926. The molecule has 144 valence electrons. The molecule has 7 heteroatoms. The molecule has 4 heterocycles. The van der Waals surface area contributed by atoms with E-state index in [4.69, 9.17) is 9.26 Å². The second kappa shape index (κ2) is 7.24. The van der Waals surface area contributed by atoms with Crippen LogP contribution in [-0.4, -0.2) is 48.4 Å². The normalized spacial score (nSPS) is 21.1. The van der Waals surface area contributed by atoms with Crippen molar-refractivity contribution >= 4 is 5.82 Å². The molecule has 2 fully saturated rings. The highest BCUT2D eigenvalue weighted by atomic mass is 16.5. The van der Waals surface area contributed by atoms with Crippen molar-refractivity contribution in [1.29, 1.82) is 0 Å². The molecule has 7 nitrogen and oxygen atoms in total. The lowest BCUT2D eigenvalue weighted by molar-refractivity contribution is 0.414. The number of hydrogen-bond acceptors (Lipinski definition) is 7. The highest BCUT2D eigenvalue weighted by Crippen LogP contribution is 2.30. The van der Waals surface area contributed by atoms with E-state index >= 15 is 0 Å². The van der Waals surface area contributed by atoms with E-state index in [1.54, 1.807) is 7.11 Å². The van der Waals surface area contributed by atoms with Crippen LogP contribution in [-0.2, 0) is 6.42 Å². The maximum absolute atomic E-state index is 5.45. The van der Waals surface area contributed by atoms with Gasteiger partial charge in [0.1, 0.15) is 11.6 Å². The van der Waals surface area contributed by atoms with Gasteiger partial charge in [-0.1, -0.05) is 17.3 Å². The average Bonchev–Trinajstić information content (AvgIpc) is 3.45. The zero-order valence-corrected chi connectivity index (χ0v) is 15.8. The summed E-state index contributed by atoms with van der Waals surface area (Å²) < 4.78 is 10.6. The number of nitrogens with one attached hydrogen (secondary N) is 1. The van der Waals surface area contributed by atoms with Gasteiger partial charge in [-0.3, -0.25) is 0 Å². The maximum Gasteiger partial charge on any atom is 0.259 e. The Kier molecular flexibility index (Phi) is 4.44. The molecule has 28 heavy (non-hydrogen) atoms. The molecule has 2 saturated heterocycles. The first kappa shape index (κ1) is 17.2. The van der Waals surface area contributed by atoms with Gasteiger partial charge < -0.3 is 19.5 Å². The first-order chi connectivity index (χ1) is 13.8. The van der Waals surface area contributed by atoms with Crippen molar-refractivity contribution in [3.05, 3.63) is 54.0 Å². The Balaban J connectivity index is 1.26. The fourth-order valence-electron chi connectivity index (χ4n) is 4.11. The van der Waals surface area contributed by atoms with Gasteiger partial charge in [-0.25, -0.2) is 4.98 Å². The van der Waals surface area contributed by atoms with Crippen molar-refractivity contribution in [1.82, 2.24) is 20.4 Å². The van der Waals surface area contributed by atoms with E-state index in [0.717, 1.165) is 60.7 Å². The van der Waals surface area contributed by atoms with Gasteiger partial charge in [0.2, 0.25) is 0 Å². The van der Waals surface area contributed by atoms with Crippen LogP contribution in [0.1, 0.15) is 11.4 Å². The van der Waals surface area contributed by atoms with Gasteiger partial charge in [-0.05, 0) is 41.7 Å². The first-order valence-corrected chi connectivity index (χ1v) is 9.66. The van der Waals surface area contributed by atoms with Crippen LogP contribution in [0.3, 0.4) is 0 Å². The van der Waals surface area contributed by atoms with Crippen molar-refractivity contribution in [3.8, 4) is 17.2 Å². The largest absolute Gasteiger partial charge is 0.497 e. The predicted molar refractivity (Wildman–Crippen MR) is 105 cm³/mol. The minimum Gasteiger partial charge on any atom is -0.497 e. The van der Waals surface area contributed by atoms with E-state index in [2.05, 4.69) is 31.4 Å². The summed E-state index contributed by atoms with van der Waals surface area (Å²) in [5.74, 6) is 4.52. The van der Waals surface area contributed by atoms with Gasteiger partial charge in [0.25, 0.3) is 5.89 Å². The van der Waals surface area contributed by atoms with Crippen molar-refractivity contribution in [2.45, 2.75) is 6.42 Å². The standard InChI is InChI=1S/C21H23N5O2/c1-27-18-5-2-14(3-6-18)8-19-24-21(28-25-19)15-4-7-20(23-11-15)26-12-16-9-22-10-17(16)13-26/h2-7,11,16-17,22H,8-10,12-13H2,1H3/t16-,17+. The molecule has 0 saturated carbocycles. The summed E-state index contributed by atoms with van der Waals surface area (Å²) >= 11 is 0. The van der Waals surface area contributed by atoms with Crippen LogP contribution < -0.4 is 15.0 Å². The molecular weight excluding hydrogens is 354 g/mol. The van der Waals surface area contributed by atoms with Crippen molar-refractivity contribution in [3.63, 3.8) is 0 Å². The Hall–Kier alpha value is -2.93. The van der Waals surface area contributed by atoms with E-state index in [-0.39, 0.29) is 0 Å². The number of anilines is 1. The lowest BCUT2D eigenvalue weighted by Gasteiger charge is -2.18. The molecule has 2 atom stereocenters. The molecule has 1 aromatic carbocycles. The molecule has 3 aromatic rings. The Morgan fingerprint density at radius 2 is 1.89 bits per heavy atom. The van der Waals surface area contributed by atoms with Crippen LogP contribution in [0, 0.1) is 11.8 Å². The number of aromatic nitrogens is 3. The summed E-state index contributed by atoms with van der Waals surface area (Å²) in [7, 11) is 1.66. The second-order valence-electron chi connectivity index (χ2n) is 7.53. The maximum atomic E-state index is 5.45. The van der Waals surface area contributed by atoms with E-state index in [0.29, 0.717) is 18.1 Å². The topological polar surface area (TPSA) is 76.3 Å². The molecule has 0 aliphatic carbocycles. The Morgan fingerprint density at radius 3 is 2.57 bits per heavy atom. The van der Waals surface area contributed by atoms with Crippen molar-refractivity contribution in [2.24, 2.45) is 11.8 Å². The number of rotatable bonds is 5. The SMILES string of the molecule is COc1ccc(Cc2noc(-c3ccc(N4C[C@H]5CNC[C@H]5C4)nc3)n2)cc1. The third-order valence-corrected chi connectivity index (χ3v) is 5.70. The van der Waals surface area contributed by atoms with Crippen LogP contribution in [0.5, 0.6) is 5.75 Å². The van der Waals surface area contributed by atoms with Gasteiger partial charge >= 0.3 is 0 Å². The number of nitrogens with zero attached hydrogens (tertiary/aromatic N) is 4. The molecule has 2 aliphatic rings. The number of ether oxygens (including phenoxy) is 1. The monoisotopic (exact) mass is 377 g/mol. The highest BCUT2D eigenvalue weighted by Gasteiger charge is 2.36. The summed E-state index contributed by atoms with van der Waals surface area (Å²) in [5, 5.41) is 7.58. The molecular formula is C21H23N5O2. The van der Waals surface area contributed by atoms with Crippen LogP contribution in [0.4, 0.5) is 5.82 Å².